The summed E-state index contributed by atoms with van der Waals surface area (Å²) in [7, 11) is 0. The molecule has 0 saturated heterocycles. The number of hydrogen-bond donors (Lipinski definition) is 1. The van der Waals surface area contributed by atoms with Crippen molar-refractivity contribution in [2.24, 2.45) is 0 Å². The number of carbonyl (C=O) groups is 2. The van der Waals surface area contributed by atoms with Crippen LogP contribution in [0.2, 0.25) is 0 Å². The Hall–Kier alpha value is -2.28. The molecule has 0 fully saturated rings. The fraction of sp³-hybridized carbons (Fsp3) is 0.231. The smallest absolute Gasteiger partial charge is 0.226 e. The lowest BCUT2D eigenvalue weighted by molar-refractivity contribution is -0.306. The summed E-state index contributed by atoms with van der Waals surface area (Å²) in [6.45, 7) is 0. The van der Waals surface area contributed by atoms with Gasteiger partial charge < -0.3 is 15.2 Å². The maximum absolute atomic E-state index is 11.9. The topological polar surface area (TPSA) is 95.0 Å². The van der Waals surface area contributed by atoms with E-state index in [1.165, 1.54) is 16.8 Å². The predicted molar refractivity (Wildman–Crippen MR) is 72.0 cm³/mol. The molecular formula is C13H12N3O3S-. The predicted octanol–water partition coefficient (Wildman–Crippen LogP) is 0.790. The summed E-state index contributed by atoms with van der Waals surface area (Å²) in [5.41, 5.74) is 2.30. The van der Waals surface area contributed by atoms with Crippen molar-refractivity contribution in [3.05, 3.63) is 41.4 Å². The second-order valence-electron chi connectivity index (χ2n) is 4.18. The molecule has 0 saturated carbocycles. The molecule has 1 heterocycles. The van der Waals surface area contributed by atoms with Crippen LogP contribution in [-0.2, 0) is 9.59 Å². The second kappa shape index (κ2) is 6.76. The Morgan fingerprint density at radius 3 is 2.60 bits per heavy atom. The molecule has 20 heavy (non-hydrogen) atoms. The van der Waals surface area contributed by atoms with Gasteiger partial charge in [-0.3, -0.25) is 4.79 Å². The lowest BCUT2D eigenvalue weighted by Crippen LogP contribution is -2.26. The number of nitrogens with one attached hydrogen (secondary N) is 1. The fourth-order valence-corrected chi connectivity index (χ4v) is 2.32. The van der Waals surface area contributed by atoms with Crippen LogP contribution in [0.5, 0.6) is 0 Å². The van der Waals surface area contributed by atoms with Crippen LogP contribution in [0, 0.1) is 0 Å². The highest BCUT2D eigenvalue weighted by Crippen LogP contribution is 2.23. The van der Waals surface area contributed by atoms with Gasteiger partial charge in [-0.05, 0) is 17.9 Å². The van der Waals surface area contributed by atoms with E-state index < -0.39 is 11.9 Å². The number of aliphatic carboxylic acids is 1. The average Bonchev–Trinajstić information content (AvgIpc) is 2.91. The van der Waals surface area contributed by atoms with Gasteiger partial charge in [0.05, 0.1) is 0 Å². The SMILES string of the molecule is O=C([O-])C[C@@H](CC(=O)Nc1nncs1)c1ccccc1. The zero-order chi connectivity index (χ0) is 14.4. The Morgan fingerprint density at radius 2 is 2.00 bits per heavy atom. The minimum atomic E-state index is -1.18. The molecule has 104 valence electrons. The van der Waals surface area contributed by atoms with E-state index in [4.69, 9.17) is 0 Å². The lowest BCUT2D eigenvalue weighted by atomic mass is 9.92. The standard InChI is InChI=1S/C13H13N3O3S/c17-11(15-13-16-14-8-20-13)6-10(7-12(18)19)9-4-2-1-3-5-9/h1-5,8,10H,6-7H2,(H,18,19)(H,15,16,17)/p-1/t10-/m1/s1. The monoisotopic (exact) mass is 290 g/mol. The third-order valence-electron chi connectivity index (χ3n) is 2.72. The van der Waals surface area contributed by atoms with Crippen LogP contribution < -0.4 is 10.4 Å². The van der Waals surface area contributed by atoms with Gasteiger partial charge in [0.2, 0.25) is 11.0 Å². The first kappa shape index (κ1) is 14.1. The minimum Gasteiger partial charge on any atom is -0.550 e. The van der Waals surface area contributed by atoms with Crippen molar-refractivity contribution in [2.45, 2.75) is 18.8 Å². The van der Waals surface area contributed by atoms with Crippen LogP contribution in [0.25, 0.3) is 0 Å². The van der Waals surface area contributed by atoms with E-state index in [-0.39, 0.29) is 18.7 Å². The molecule has 0 aliphatic heterocycles. The number of carboxylic acid groups (broad SMARTS) is 1. The second-order valence-corrected chi connectivity index (χ2v) is 5.01. The zero-order valence-corrected chi connectivity index (χ0v) is 11.3. The summed E-state index contributed by atoms with van der Waals surface area (Å²) < 4.78 is 0. The molecule has 1 aromatic heterocycles. The largest absolute Gasteiger partial charge is 0.550 e. The number of nitrogens with zero attached hydrogens (tertiary/aromatic N) is 2. The van der Waals surface area contributed by atoms with Gasteiger partial charge in [-0.2, -0.15) is 0 Å². The number of rotatable bonds is 6. The third kappa shape index (κ3) is 4.13. The van der Waals surface area contributed by atoms with Crippen molar-refractivity contribution >= 4 is 28.3 Å². The maximum atomic E-state index is 11.9. The Balaban J connectivity index is 2.04. The number of carbonyl (C=O) groups excluding carboxylic acids is 2. The molecule has 0 radical (unpaired) electrons. The van der Waals surface area contributed by atoms with Gasteiger partial charge in [0.15, 0.2) is 0 Å². The molecule has 1 N–H and O–H groups in total. The summed E-state index contributed by atoms with van der Waals surface area (Å²) in [5, 5.41) is 21.1. The maximum Gasteiger partial charge on any atom is 0.226 e. The highest BCUT2D eigenvalue weighted by Gasteiger charge is 2.17. The van der Waals surface area contributed by atoms with E-state index in [0.717, 1.165) is 5.56 Å². The van der Waals surface area contributed by atoms with Gasteiger partial charge >= 0.3 is 0 Å². The first-order valence-electron chi connectivity index (χ1n) is 5.96. The van der Waals surface area contributed by atoms with Crippen LogP contribution in [0.4, 0.5) is 5.13 Å². The van der Waals surface area contributed by atoms with Crippen molar-refractivity contribution in [3.8, 4) is 0 Å². The number of hydrogen-bond acceptors (Lipinski definition) is 6. The van der Waals surface area contributed by atoms with Crippen LogP contribution in [0.3, 0.4) is 0 Å². The van der Waals surface area contributed by atoms with E-state index in [1.807, 2.05) is 6.07 Å². The molecule has 2 rings (SSSR count). The molecule has 0 spiro atoms. The Morgan fingerprint density at radius 1 is 1.25 bits per heavy atom. The Labute approximate surface area is 119 Å². The number of amides is 1. The summed E-state index contributed by atoms with van der Waals surface area (Å²) in [6, 6.07) is 9.04. The molecule has 0 unspecified atom stereocenters. The highest BCUT2D eigenvalue weighted by atomic mass is 32.1. The third-order valence-corrected chi connectivity index (χ3v) is 3.33. The molecule has 1 amide bonds. The van der Waals surface area contributed by atoms with Gasteiger partial charge in [-0.15, -0.1) is 10.2 Å². The van der Waals surface area contributed by atoms with Crippen LogP contribution in [0.1, 0.15) is 24.3 Å². The molecular weight excluding hydrogens is 278 g/mol. The Bertz CT molecular complexity index is 572. The van der Waals surface area contributed by atoms with Crippen molar-refractivity contribution in [2.75, 3.05) is 5.32 Å². The molecule has 0 aliphatic carbocycles. The van der Waals surface area contributed by atoms with E-state index in [1.54, 1.807) is 24.3 Å². The summed E-state index contributed by atoms with van der Waals surface area (Å²) in [6.07, 6.45) is -0.148. The van der Waals surface area contributed by atoms with Crippen molar-refractivity contribution in [3.63, 3.8) is 0 Å². The van der Waals surface area contributed by atoms with Gasteiger partial charge in [0.1, 0.15) is 5.51 Å². The van der Waals surface area contributed by atoms with Crippen molar-refractivity contribution in [1.29, 1.82) is 0 Å². The average molecular weight is 290 g/mol. The lowest BCUT2D eigenvalue weighted by Gasteiger charge is -2.17. The summed E-state index contributed by atoms with van der Waals surface area (Å²) >= 11 is 1.21. The van der Waals surface area contributed by atoms with Gasteiger partial charge in [-0.1, -0.05) is 41.7 Å². The number of aromatic nitrogens is 2. The van der Waals surface area contributed by atoms with Crippen LogP contribution in [0.15, 0.2) is 35.8 Å². The number of benzene rings is 1. The Kier molecular flexibility index (Phi) is 4.78. The highest BCUT2D eigenvalue weighted by molar-refractivity contribution is 7.13. The van der Waals surface area contributed by atoms with E-state index in [0.29, 0.717) is 5.13 Å². The van der Waals surface area contributed by atoms with E-state index >= 15 is 0 Å². The fourth-order valence-electron chi connectivity index (χ4n) is 1.86. The first-order chi connectivity index (χ1) is 9.65. The molecule has 2 aromatic rings. The van der Waals surface area contributed by atoms with Crippen molar-refractivity contribution in [1.82, 2.24) is 10.2 Å². The normalized spacial score (nSPS) is 11.8. The number of anilines is 1. The molecule has 0 bridgehead atoms. The number of carboxylic acids is 1. The first-order valence-corrected chi connectivity index (χ1v) is 6.84. The quantitative estimate of drug-likeness (QED) is 0.848. The molecule has 1 aromatic carbocycles. The molecule has 6 nitrogen and oxygen atoms in total. The van der Waals surface area contributed by atoms with Crippen molar-refractivity contribution < 1.29 is 14.7 Å². The summed E-state index contributed by atoms with van der Waals surface area (Å²) in [4.78, 5) is 22.7. The van der Waals surface area contributed by atoms with E-state index in [9.17, 15) is 14.7 Å². The van der Waals surface area contributed by atoms with Gasteiger partial charge in [0.25, 0.3) is 0 Å². The molecule has 1 atom stereocenters. The zero-order valence-electron chi connectivity index (χ0n) is 10.5. The molecule has 0 aliphatic rings. The molecule has 7 heteroatoms. The minimum absolute atomic E-state index is 0.0531. The van der Waals surface area contributed by atoms with Gasteiger partial charge in [0, 0.05) is 12.4 Å². The summed E-state index contributed by atoms with van der Waals surface area (Å²) in [5.74, 6) is -1.89. The van der Waals surface area contributed by atoms with E-state index in [2.05, 4.69) is 15.5 Å². The van der Waals surface area contributed by atoms with Crippen LogP contribution in [-0.4, -0.2) is 22.1 Å². The van der Waals surface area contributed by atoms with Crippen LogP contribution >= 0.6 is 11.3 Å². The van der Waals surface area contributed by atoms with Gasteiger partial charge in [-0.25, -0.2) is 0 Å².